The van der Waals surface area contributed by atoms with Crippen LogP contribution in [0.3, 0.4) is 0 Å². The molecule has 0 spiro atoms. The average molecular weight is 354 g/mol. The molecular weight excluding hydrogens is 314 g/mol. The van der Waals surface area contributed by atoms with Gasteiger partial charge in [-0.15, -0.1) is 0 Å². The van der Waals surface area contributed by atoms with Crippen molar-refractivity contribution in [1.82, 2.24) is 0 Å². The van der Waals surface area contributed by atoms with Crippen molar-refractivity contribution in [2.75, 3.05) is 0 Å². The molecule has 1 nitrogen and oxygen atoms in total. The predicted molar refractivity (Wildman–Crippen MR) is 109 cm³/mol. The maximum absolute atomic E-state index is 8.91. The molecule has 1 heteroatoms. The third kappa shape index (κ3) is 3.44. The standard InChI is InChI=1S/C25H28N/c1-19-8-6-7-11-24(19)25-17-16-23(18-26(25)2)22-14-12-21(13-15-22)20-9-4-3-5-10-20/h6-8,11-18,20H,3-5,9-10H2,1-2H3/q+1/i3D2,4D2,5D2,9D2,10D2,20D. The van der Waals surface area contributed by atoms with E-state index < -0.39 is 37.8 Å². The van der Waals surface area contributed by atoms with Crippen LogP contribution in [0.4, 0.5) is 0 Å². The van der Waals surface area contributed by atoms with Gasteiger partial charge in [0.05, 0.1) is 0 Å². The van der Waals surface area contributed by atoms with Crippen LogP contribution >= 0.6 is 0 Å². The first-order valence-corrected chi connectivity index (χ1v) is 8.53. The first-order valence-electron chi connectivity index (χ1n) is 14.0. The van der Waals surface area contributed by atoms with E-state index in [2.05, 4.69) is 0 Å². The van der Waals surface area contributed by atoms with E-state index in [1.54, 1.807) is 12.1 Å². The zero-order chi connectivity index (χ0) is 27.8. The number of benzene rings is 2. The highest BCUT2D eigenvalue weighted by atomic mass is 14.9. The fraction of sp³-hybridized carbons (Fsp3) is 0.320. The summed E-state index contributed by atoms with van der Waals surface area (Å²) in [5.74, 6) is -3.09. The minimum absolute atomic E-state index is 0.282. The highest BCUT2D eigenvalue weighted by Crippen LogP contribution is 2.33. The number of aryl methyl sites for hydroxylation is 2. The smallest absolute Gasteiger partial charge is 0.200 e. The average Bonchev–Trinajstić information content (AvgIpc) is 2.83. The van der Waals surface area contributed by atoms with Crippen LogP contribution in [0.5, 0.6) is 0 Å². The molecule has 1 fully saturated rings. The molecule has 0 unspecified atom stereocenters. The van der Waals surface area contributed by atoms with Crippen molar-refractivity contribution >= 4 is 0 Å². The van der Waals surface area contributed by atoms with Crippen LogP contribution < -0.4 is 4.57 Å². The minimum atomic E-state index is -3.54. The zero-order valence-electron chi connectivity index (χ0n) is 25.8. The number of hydrogen-bond donors (Lipinski definition) is 0. The number of pyridine rings is 1. The lowest BCUT2D eigenvalue weighted by atomic mass is 9.84. The van der Waals surface area contributed by atoms with Crippen molar-refractivity contribution < 1.29 is 19.6 Å². The predicted octanol–water partition coefficient (Wildman–Crippen LogP) is 6.20. The molecular formula is C25H28N+. The summed E-state index contributed by atoms with van der Waals surface area (Å²) in [7, 11) is 1.90. The summed E-state index contributed by atoms with van der Waals surface area (Å²) in [5, 5.41) is 0. The minimum Gasteiger partial charge on any atom is -0.200 e. The van der Waals surface area contributed by atoms with Crippen LogP contribution in [0.15, 0.2) is 66.9 Å². The Morgan fingerprint density at radius 3 is 2.27 bits per heavy atom. The number of aromatic nitrogens is 1. The van der Waals surface area contributed by atoms with Crippen LogP contribution in [-0.2, 0) is 7.05 Å². The SMILES string of the molecule is [2H]C1([2H])C([2H])([2H])C([2H])([2H])C([2H])(c2ccc(-c3ccc(-c4ccccc4C)[n+](C)c3)cc2)C([2H])([2H])C1([2H])[2H]. The lowest BCUT2D eigenvalue weighted by molar-refractivity contribution is -0.659. The lowest BCUT2D eigenvalue weighted by Gasteiger charge is -2.22. The first kappa shape index (κ1) is 8.52. The van der Waals surface area contributed by atoms with E-state index in [0.29, 0.717) is 5.56 Å². The maximum atomic E-state index is 8.91. The number of nitrogens with zero attached hydrogens (tertiary/aromatic N) is 1. The molecule has 3 aromatic rings. The molecule has 1 aromatic heterocycles. The molecule has 0 radical (unpaired) electrons. The molecule has 2 aromatic carbocycles. The van der Waals surface area contributed by atoms with Gasteiger partial charge in [-0.3, -0.25) is 0 Å². The molecule has 1 aliphatic carbocycles. The van der Waals surface area contributed by atoms with Crippen LogP contribution in [0.2, 0.25) is 0 Å². The Kier molecular flexibility index (Phi) is 2.44. The Bertz CT molecular complexity index is 1320. The van der Waals surface area contributed by atoms with Gasteiger partial charge in [-0.05, 0) is 54.4 Å². The van der Waals surface area contributed by atoms with Crippen molar-refractivity contribution in [2.45, 2.75) is 44.7 Å². The van der Waals surface area contributed by atoms with Crippen LogP contribution in [-0.4, -0.2) is 0 Å². The van der Waals surface area contributed by atoms with Gasteiger partial charge in [-0.25, -0.2) is 4.57 Å². The first-order chi connectivity index (χ1) is 16.9. The topological polar surface area (TPSA) is 3.88 Å². The summed E-state index contributed by atoms with van der Waals surface area (Å²) in [6.07, 6.45) is -15.5. The monoisotopic (exact) mass is 353 g/mol. The van der Waals surface area contributed by atoms with E-state index in [4.69, 9.17) is 15.1 Å². The molecule has 0 N–H and O–H groups in total. The van der Waals surface area contributed by atoms with E-state index >= 15 is 0 Å². The van der Waals surface area contributed by atoms with Gasteiger partial charge in [-0.1, -0.05) is 61.6 Å². The normalized spacial score (nSPS) is 32.3. The van der Waals surface area contributed by atoms with E-state index in [-0.39, 0.29) is 5.56 Å². The van der Waals surface area contributed by atoms with Gasteiger partial charge in [-0.2, -0.15) is 0 Å². The van der Waals surface area contributed by atoms with Gasteiger partial charge in [0.1, 0.15) is 7.05 Å². The molecule has 1 heterocycles. The molecule has 0 aliphatic heterocycles. The molecule has 4 rings (SSSR count). The molecule has 0 amide bonds. The van der Waals surface area contributed by atoms with Gasteiger partial charge in [0.15, 0.2) is 6.20 Å². The van der Waals surface area contributed by atoms with Crippen molar-refractivity contribution in [3.8, 4) is 22.4 Å². The lowest BCUT2D eigenvalue weighted by Crippen LogP contribution is -2.30. The fourth-order valence-electron chi connectivity index (χ4n) is 3.14. The van der Waals surface area contributed by atoms with E-state index in [0.717, 1.165) is 22.4 Å². The Morgan fingerprint density at radius 1 is 0.885 bits per heavy atom. The highest BCUT2D eigenvalue weighted by molar-refractivity contribution is 5.66. The molecule has 0 bridgehead atoms. The molecule has 26 heavy (non-hydrogen) atoms. The number of hydrogen-bond acceptors (Lipinski definition) is 0. The summed E-state index contributed by atoms with van der Waals surface area (Å²) in [6.45, 7) is 2.03. The van der Waals surface area contributed by atoms with E-state index in [1.165, 1.54) is 12.1 Å². The highest BCUT2D eigenvalue weighted by Gasteiger charge is 2.16. The summed E-state index contributed by atoms with van der Waals surface area (Å²) in [6, 6.07) is 17.5. The molecule has 0 atom stereocenters. The van der Waals surface area contributed by atoms with Gasteiger partial charge in [0, 0.05) is 32.3 Å². The zero-order valence-corrected chi connectivity index (χ0v) is 14.8. The Balaban J connectivity index is 1.79. The Morgan fingerprint density at radius 2 is 1.58 bits per heavy atom. The van der Waals surface area contributed by atoms with Gasteiger partial charge in [0.25, 0.3) is 0 Å². The van der Waals surface area contributed by atoms with Gasteiger partial charge >= 0.3 is 0 Å². The molecule has 0 saturated heterocycles. The van der Waals surface area contributed by atoms with Crippen molar-refractivity contribution in [2.24, 2.45) is 7.05 Å². The van der Waals surface area contributed by atoms with E-state index in [1.807, 2.05) is 61.1 Å². The summed E-state index contributed by atoms with van der Waals surface area (Å²) in [5.41, 5.74) is 4.38. The third-order valence-corrected chi connectivity index (χ3v) is 4.56. The Hall–Kier alpha value is -2.41. The third-order valence-electron chi connectivity index (χ3n) is 4.56. The van der Waals surface area contributed by atoms with Crippen LogP contribution in [0, 0.1) is 6.92 Å². The quantitative estimate of drug-likeness (QED) is 0.493. The summed E-state index contributed by atoms with van der Waals surface area (Å²) >= 11 is 0. The molecule has 1 aliphatic rings. The fourth-order valence-corrected chi connectivity index (χ4v) is 3.14. The molecule has 132 valence electrons. The summed E-state index contributed by atoms with van der Waals surface area (Å²) < 4.78 is 93.2. The van der Waals surface area contributed by atoms with Crippen LogP contribution in [0.25, 0.3) is 22.4 Å². The Labute approximate surface area is 172 Å². The largest absolute Gasteiger partial charge is 0.212 e. The van der Waals surface area contributed by atoms with Crippen molar-refractivity contribution in [1.29, 1.82) is 0 Å². The second-order valence-corrected chi connectivity index (χ2v) is 6.31. The molecule has 1 saturated carbocycles. The number of rotatable bonds is 3. The van der Waals surface area contributed by atoms with Gasteiger partial charge in [0.2, 0.25) is 5.69 Å². The maximum Gasteiger partial charge on any atom is 0.212 e. The van der Waals surface area contributed by atoms with Crippen LogP contribution in [0.1, 0.15) is 64.0 Å². The van der Waals surface area contributed by atoms with Gasteiger partial charge < -0.3 is 0 Å². The second kappa shape index (κ2) is 7.45. The summed E-state index contributed by atoms with van der Waals surface area (Å²) in [4.78, 5) is 0. The second-order valence-electron chi connectivity index (χ2n) is 6.31. The van der Waals surface area contributed by atoms with Crippen molar-refractivity contribution in [3.63, 3.8) is 0 Å². The van der Waals surface area contributed by atoms with Crippen molar-refractivity contribution in [3.05, 3.63) is 78.0 Å². The van der Waals surface area contributed by atoms with E-state index in [9.17, 15) is 0 Å².